The van der Waals surface area contributed by atoms with E-state index in [2.05, 4.69) is 17.6 Å². The van der Waals surface area contributed by atoms with Gasteiger partial charge >= 0.3 is 0 Å². The number of hydrogen-bond donors (Lipinski definition) is 2. The molecule has 2 atom stereocenters. The maximum Gasteiger partial charge on any atom is 0.220 e. The van der Waals surface area contributed by atoms with E-state index in [4.69, 9.17) is 4.74 Å². The second-order valence-electron chi connectivity index (χ2n) is 5.58. The Labute approximate surface area is 116 Å². The van der Waals surface area contributed by atoms with Gasteiger partial charge in [-0.1, -0.05) is 0 Å². The normalized spacial score (nSPS) is 31.1. The van der Waals surface area contributed by atoms with Gasteiger partial charge in [0.05, 0.1) is 5.60 Å². The third-order valence-electron chi connectivity index (χ3n) is 3.90. The Hall–Kier alpha value is -0.320. The summed E-state index contributed by atoms with van der Waals surface area (Å²) in [5, 5.41) is 6.33. The topological polar surface area (TPSA) is 50.4 Å². The van der Waals surface area contributed by atoms with Crippen molar-refractivity contribution in [1.29, 1.82) is 0 Å². The summed E-state index contributed by atoms with van der Waals surface area (Å²) in [5.74, 6) is 0.868. The van der Waals surface area contributed by atoms with E-state index in [-0.39, 0.29) is 23.9 Å². The van der Waals surface area contributed by atoms with E-state index in [9.17, 15) is 4.79 Å². The molecule has 18 heavy (non-hydrogen) atoms. The molecule has 1 amide bonds. The quantitative estimate of drug-likeness (QED) is 0.800. The van der Waals surface area contributed by atoms with Crippen molar-refractivity contribution >= 4 is 18.3 Å². The molecule has 2 aliphatic heterocycles. The SMILES string of the molecule is CC1(CNC(=O)CCC2CCNC2)CCCO1.Cl. The van der Waals surface area contributed by atoms with Crippen LogP contribution in [0.2, 0.25) is 0 Å². The van der Waals surface area contributed by atoms with Crippen molar-refractivity contribution in [1.82, 2.24) is 10.6 Å². The first-order valence-corrected chi connectivity index (χ1v) is 6.79. The smallest absolute Gasteiger partial charge is 0.220 e. The van der Waals surface area contributed by atoms with Crippen molar-refractivity contribution in [3.05, 3.63) is 0 Å². The van der Waals surface area contributed by atoms with E-state index in [0.29, 0.717) is 18.9 Å². The molecule has 2 saturated heterocycles. The highest BCUT2D eigenvalue weighted by Gasteiger charge is 2.30. The van der Waals surface area contributed by atoms with Gasteiger partial charge in [-0.25, -0.2) is 0 Å². The average Bonchev–Trinajstić information content (AvgIpc) is 2.95. The fraction of sp³-hybridized carbons (Fsp3) is 0.923. The van der Waals surface area contributed by atoms with Gasteiger partial charge in [0.15, 0.2) is 0 Å². The first kappa shape index (κ1) is 15.7. The summed E-state index contributed by atoms with van der Waals surface area (Å²) in [6.07, 6.45) is 5.05. The Morgan fingerprint density at radius 2 is 2.39 bits per heavy atom. The van der Waals surface area contributed by atoms with Crippen molar-refractivity contribution in [3.63, 3.8) is 0 Å². The number of carbonyl (C=O) groups is 1. The Morgan fingerprint density at radius 1 is 1.56 bits per heavy atom. The van der Waals surface area contributed by atoms with Gasteiger partial charge in [0.1, 0.15) is 0 Å². The van der Waals surface area contributed by atoms with Crippen molar-refractivity contribution in [3.8, 4) is 0 Å². The van der Waals surface area contributed by atoms with E-state index < -0.39 is 0 Å². The molecule has 0 aromatic heterocycles. The van der Waals surface area contributed by atoms with Gasteiger partial charge in [-0.05, 0) is 51.6 Å². The molecule has 2 aliphatic rings. The van der Waals surface area contributed by atoms with Crippen LogP contribution in [-0.4, -0.2) is 37.7 Å². The summed E-state index contributed by atoms with van der Waals surface area (Å²) in [4.78, 5) is 11.7. The highest BCUT2D eigenvalue weighted by atomic mass is 35.5. The van der Waals surface area contributed by atoms with Crippen molar-refractivity contribution in [2.24, 2.45) is 5.92 Å². The zero-order chi connectivity index (χ0) is 12.1. The zero-order valence-electron chi connectivity index (χ0n) is 11.2. The molecular formula is C13H25ClN2O2. The third kappa shape index (κ3) is 4.75. The lowest BCUT2D eigenvalue weighted by molar-refractivity contribution is -0.122. The van der Waals surface area contributed by atoms with Crippen molar-refractivity contribution < 1.29 is 9.53 Å². The summed E-state index contributed by atoms with van der Waals surface area (Å²) in [5.41, 5.74) is -0.120. The van der Waals surface area contributed by atoms with Crippen LogP contribution in [0.25, 0.3) is 0 Å². The molecule has 5 heteroatoms. The zero-order valence-corrected chi connectivity index (χ0v) is 12.0. The lowest BCUT2D eigenvalue weighted by atomic mass is 10.0. The molecule has 0 aromatic carbocycles. The van der Waals surface area contributed by atoms with Crippen molar-refractivity contribution in [2.75, 3.05) is 26.2 Å². The Balaban J connectivity index is 0.00000162. The minimum absolute atomic E-state index is 0. The predicted molar refractivity (Wildman–Crippen MR) is 74.1 cm³/mol. The highest BCUT2D eigenvalue weighted by Crippen LogP contribution is 2.24. The second-order valence-corrected chi connectivity index (χ2v) is 5.58. The minimum Gasteiger partial charge on any atom is -0.373 e. The standard InChI is InChI=1S/C13H24N2O2.ClH/c1-13(6-2-8-17-13)10-15-12(16)4-3-11-5-7-14-9-11;/h11,14H,2-10H2,1H3,(H,15,16);1H. The number of carbonyl (C=O) groups excluding carboxylic acids is 1. The number of nitrogens with one attached hydrogen (secondary N) is 2. The molecule has 2 rings (SSSR count). The van der Waals surface area contributed by atoms with E-state index in [1.54, 1.807) is 0 Å². The van der Waals surface area contributed by atoms with Crippen LogP contribution in [0.4, 0.5) is 0 Å². The molecule has 0 aromatic rings. The Bertz CT molecular complexity index is 262. The van der Waals surface area contributed by atoms with Gasteiger partial charge in [-0.2, -0.15) is 0 Å². The van der Waals surface area contributed by atoms with Crippen LogP contribution >= 0.6 is 12.4 Å². The van der Waals surface area contributed by atoms with Crippen LogP contribution in [0.15, 0.2) is 0 Å². The van der Waals surface area contributed by atoms with E-state index in [0.717, 1.165) is 39.0 Å². The van der Waals surface area contributed by atoms with E-state index in [1.807, 2.05) is 0 Å². The molecule has 2 heterocycles. The third-order valence-corrected chi connectivity index (χ3v) is 3.90. The number of halogens is 1. The van der Waals surface area contributed by atoms with Crippen LogP contribution in [-0.2, 0) is 9.53 Å². The highest BCUT2D eigenvalue weighted by molar-refractivity contribution is 5.85. The van der Waals surface area contributed by atoms with Gasteiger partial charge in [0.2, 0.25) is 5.91 Å². The van der Waals surface area contributed by atoms with E-state index >= 15 is 0 Å². The lowest BCUT2D eigenvalue weighted by Gasteiger charge is -2.23. The summed E-state index contributed by atoms with van der Waals surface area (Å²) in [6.45, 7) is 5.77. The molecule has 4 nitrogen and oxygen atoms in total. The number of amides is 1. The van der Waals surface area contributed by atoms with Crippen LogP contribution in [0.5, 0.6) is 0 Å². The summed E-state index contributed by atoms with van der Waals surface area (Å²) in [6, 6.07) is 0. The summed E-state index contributed by atoms with van der Waals surface area (Å²) in [7, 11) is 0. The van der Waals surface area contributed by atoms with Crippen LogP contribution in [0.3, 0.4) is 0 Å². The number of hydrogen-bond acceptors (Lipinski definition) is 3. The van der Waals surface area contributed by atoms with Gasteiger partial charge in [0.25, 0.3) is 0 Å². The fourth-order valence-electron chi connectivity index (χ4n) is 2.65. The largest absolute Gasteiger partial charge is 0.373 e. The lowest BCUT2D eigenvalue weighted by Crippen LogP contribution is -2.40. The molecule has 0 radical (unpaired) electrons. The molecular weight excluding hydrogens is 252 g/mol. The van der Waals surface area contributed by atoms with Gasteiger partial charge in [-0.15, -0.1) is 12.4 Å². The summed E-state index contributed by atoms with van der Waals surface area (Å²) < 4.78 is 5.64. The molecule has 0 spiro atoms. The Kier molecular flexibility index (Phi) is 6.39. The Morgan fingerprint density at radius 3 is 3.00 bits per heavy atom. The van der Waals surface area contributed by atoms with Gasteiger partial charge < -0.3 is 15.4 Å². The van der Waals surface area contributed by atoms with Crippen LogP contribution in [0, 0.1) is 5.92 Å². The maximum atomic E-state index is 11.7. The van der Waals surface area contributed by atoms with Crippen LogP contribution in [0.1, 0.15) is 39.0 Å². The van der Waals surface area contributed by atoms with Crippen LogP contribution < -0.4 is 10.6 Å². The first-order chi connectivity index (χ1) is 8.18. The van der Waals surface area contributed by atoms with Gasteiger partial charge in [0, 0.05) is 19.6 Å². The molecule has 0 aliphatic carbocycles. The monoisotopic (exact) mass is 276 g/mol. The number of rotatable bonds is 5. The average molecular weight is 277 g/mol. The molecule has 106 valence electrons. The summed E-state index contributed by atoms with van der Waals surface area (Å²) >= 11 is 0. The fourth-order valence-corrected chi connectivity index (χ4v) is 2.65. The first-order valence-electron chi connectivity index (χ1n) is 6.79. The van der Waals surface area contributed by atoms with E-state index in [1.165, 1.54) is 6.42 Å². The molecule has 0 bridgehead atoms. The molecule has 0 saturated carbocycles. The minimum atomic E-state index is -0.120. The number of ether oxygens (including phenoxy) is 1. The molecule has 2 fully saturated rings. The maximum absolute atomic E-state index is 11.7. The molecule has 2 unspecified atom stereocenters. The predicted octanol–water partition coefficient (Wildman–Crippen LogP) is 1.48. The van der Waals surface area contributed by atoms with Gasteiger partial charge in [-0.3, -0.25) is 4.79 Å². The molecule has 2 N–H and O–H groups in total. The van der Waals surface area contributed by atoms with Crippen molar-refractivity contribution in [2.45, 2.75) is 44.6 Å². The second kappa shape index (κ2) is 7.31.